The van der Waals surface area contributed by atoms with Gasteiger partial charge in [-0.2, -0.15) is 10.2 Å². The lowest BCUT2D eigenvalue weighted by atomic mass is 9.95. The highest BCUT2D eigenvalue weighted by Gasteiger charge is 2.35. The van der Waals surface area contributed by atoms with Crippen LogP contribution in [0.1, 0.15) is 22.7 Å². The molecule has 0 spiro atoms. The van der Waals surface area contributed by atoms with Crippen molar-refractivity contribution in [3.8, 4) is 11.3 Å². The maximum Gasteiger partial charge on any atom is 0.122 e. The van der Waals surface area contributed by atoms with Crippen molar-refractivity contribution in [3.05, 3.63) is 64.6 Å². The van der Waals surface area contributed by atoms with Crippen LogP contribution < -0.4 is 0 Å². The molecule has 7 heteroatoms. The van der Waals surface area contributed by atoms with E-state index in [1.54, 1.807) is 10.9 Å². The molecule has 2 unspecified atom stereocenters. The standard InChI is InChI=1S/C19H16ClN5O/c1-25-9-11(8-21-25)17-19-14(23-24-17)7-13(20)18(22-19)16-12-5-3-2-4-10(12)6-15(16)26/h2-5,7-9,15-16,26H,6H2,1H3,(H,23,24). The van der Waals surface area contributed by atoms with E-state index in [2.05, 4.69) is 15.3 Å². The molecular weight excluding hydrogens is 350 g/mol. The van der Waals surface area contributed by atoms with Gasteiger partial charge in [0.25, 0.3) is 0 Å². The van der Waals surface area contributed by atoms with Crippen LogP contribution in [-0.2, 0) is 13.5 Å². The molecule has 130 valence electrons. The number of aromatic amines is 1. The van der Waals surface area contributed by atoms with E-state index in [9.17, 15) is 5.11 Å². The molecule has 5 rings (SSSR count). The number of nitrogens with one attached hydrogen (secondary N) is 1. The van der Waals surface area contributed by atoms with Crippen LogP contribution in [0.5, 0.6) is 0 Å². The number of aliphatic hydroxyl groups is 1. The maximum atomic E-state index is 10.7. The van der Waals surface area contributed by atoms with Crippen LogP contribution in [0.25, 0.3) is 22.3 Å². The smallest absolute Gasteiger partial charge is 0.122 e. The first-order valence-corrected chi connectivity index (χ1v) is 8.79. The van der Waals surface area contributed by atoms with Crippen LogP contribution in [0.2, 0.25) is 5.02 Å². The third-order valence-electron chi connectivity index (χ3n) is 4.99. The zero-order chi connectivity index (χ0) is 17.8. The van der Waals surface area contributed by atoms with Gasteiger partial charge in [-0.05, 0) is 23.6 Å². The van der Waals surface area contributed by atoms with Gasteiger partial charge in [-0.1, -0.05) is 35.9 Å². The molecule has 0 aliphatic heterocycles. The first kappa shape index (κ1) is 15.5. The Morgan fingerprint density at radius 2 is 2.15 bits per heavy atom. The monoisotopic (exact) mass is 365 g/mol. The Balaban J connectivity index is 1.70. The van der Waals surface area contributed by atoms with Crippen molar-refractivity contribution >= 4 is 22.6 Å². The van der Waals surface area contributed by atoms with Gasteiger partial charge in [-0.15, -0.1) is 0 Å². The van der Waals surface area contributed by atoms with Crippen molar-refractivity contribution in [1.29, 1.82) is 0 Å². The molecule has 0 radical (unpaired) electrons. The van der Waals surface area contributed by atoms with Crippen molar-refractivity contribution in [2.45, 2.75) is 18.4 Å². The number of hydrogen-bond donors (Lipinski definition) is 2. The highest BCUT2D eigenvalue weighted by Crippen LogP contribution is 2.41. The molecule has 0 saturated carbocycles. The van der Waals surface area contributed by atoms with Gasteiger partial charge in [0.1, 0.15) is 11.2 Å². The van der Waals surface area contributed by atoms with Gasteiger partial charge in [0.15, 0.2) is 0 Å². The lowest BCUT2D eigenvalue weighted by Gasteiger charge is -2.17. The van der Waals surface area contributed by atoms with E-state index < -0.39 is 6.10 Å². The van der Waals surface area contributed by atoms with Gasteiger partial charge in [-0.3, -0.25) is 9.78 Å². The number of benzene rings is 1. The predicted octanol–water partition coefficient (Wildman–Crippen LogP) is 3.06. The van der Waals surface area contributed by atoms with E-state index in [0.717, 1.165) is 33.4 Å². The van der Waals surface area contributed by atoms with Crippen molar-refractivity contribution in [1.82, 2.24) is 25.0 Å². The minimum Gasteiger partial charge on any atom is -0.392 e. The van der Waals surface area contributed by atoms with Crippen molar-refractivity contribution in [2.75, 3.05) is 0 Å². The number of aromatic nitrogens is 5. The van der Waals surface area contributed by atoms with E-state index in [1.165, 1.54) is 0 Å². The average molecular weight is 366 g/mol. The van der Waals surface area contributed by atoms with Crippen LogP contribution in [0.15, 0.2) is 42.7 Å². The molecule has 1 aliphatic rings. The fraction of sp³-hybridized carbons (Fsp3) is 0.211. The molecule has 1 aliphatic carbocycles. The largest absolute Gasteiger partial charge is 0.392 e. The summed E-state index contributed by atoms with van der Waals surface area (Å²) in [6.45, 7) is 0. The number of aliphatic hydroxyl groups excluding tert-OH is 1. The fourth-order valence-corrected chi connectivity index (χ4v) is 4.07. The summed E-state index contributed by atoms with van der Waals surface area (Å²) in [5, 5.41) is 22.8. The first-order valence-electron chi connectivity index (χ1n) is 8.41. The second-order valence-electron chi connectivity index (χ2n) is 6.67. The van der Waals surface area contributed by atoms with Gasteiger partial charge < -0.3 is 5.11 Å². The van der Waals surface area contributed by atoms with Crippen molar-refractivity contribution < 1.29 is 5.11 Å². The molecule has 6 nitrogen and oxygen atoms in total. The molecule has 2 atom stereocenters. The highest BCUT2D eigenvalue weighted by molar-refractivity contribution is 6.32. The van der Waals surface area contributed by atoms with Crippen LogP contribution in [0, 0.1) is 0 Å². The number of halogens is 1. The third-order valence-corrected chi connectivity index (χ3v) is 5.30. The number of H-pyrrole nitrogens is 1. The van der Waals surface area contributed by atoms with Crippen LogP contribution in [0.4, 0.5) is 0 Å². The minimum absolute atomic E-state index is 0.236. The second-order valence-corrected chi connectivity index (χ2v) is 7.08. The molecule has 4 aromatic rings. The summed E-state index contributed by atoms with van der Waals surface area (Å²) in [7, 11) is 1.86. The molecule has 0 amide bonds. The zero-order valence-corrected chi connectivity index (χ0v) is 14.8. The summed E-state index contributed by atoms with van der Waals surface area (Å²) < 4.78 is 1.73. The van der Waals surface area contributed by atoms with Crippen molar-refractivity contribution in [3.63, 3.8) is 0 Å². The number of rotatable bonds is 2. The molecule has 1 aromatic carbocycles. The summed E-state index contributed by atoms with van der Waals surface area (Å²) >= 11 is 6.54. The quantitative estimate of drug-likeness (QED) is 0.572. The molecular formula is C19H16ClN5O. The van der Waals surface area contributed by atoms with Gasteiger partial charge in [0, 0.05) is 18.8 Å². The summed E-state index contributed by atoms with van der Waals surface area (Å²) in [6, 6.07) is 9.89. The molecule has 26 heavy (non-hydrogen) atoms. The Morgan fingerprint density at radius 1 is 1.31 bits per heavy atom. The SMILES string of the molecule is Cn1cc(-c2n[nH]c3cc(Cl)c(C4c5ccccc5CC4O)nc23)cn1. The number of pyridine rings is 1. The Hall–Kier alpha value is -2.70. The molecule has 0 saturated heterocycles. The number of aryl methyl sites for hydroxylation is 1. The molecule has 0 bridgehead atoms. The minimum atomic E-state index is -0.538. The average Bonchev–Trinajstić information content (AvgIpc) is 3.30. The van der Waals surface area contributed by atoms with E-state index >= 15 is 0 Å². The maximum absolute atomic E-state index is 10.7. The van der Waals surface area contributed by atoms with Crippen molar-refractivity contribution in [2.24, 2.45) is 7.05 Å². The predicted molar refractivity (Wildman–Crippen MR) is 99.1 cm³/mol. The number of nitrogens with zero attached hydrogens (tertiary/aromatic N) is 4. The Bertz CT molecular complexity index is 1130. The fourth-order valence-electron chi connectivity index (χ4n) is 3.80. The number of fused-ring (bicyclic) bond motifs is 2. The molecule has 3 aromatic heterocycles. The Morgan fingerprint density at radius 3 is 2.96 bits per heavy atom. The lowest BCUT2D eigenvalue weighted by Crippen LogP contribution is -2.16. The molecule has 2 N–H and O–H groups in total. The van der Waals surface area contributed by atoms with E-state index in [0.29, 0.717) is 17.1 Å². The summed E-state index contributed by atoms with van der Waals surface area (Å²) in [5.74, 6) is -0.236. The normalized spacial score (nSPS) is 19.2. The van der Waals surface area contributed by atoms with Gasteiger partial charge >= 0.3 is 0 Å². The second kappa shape index (κ2) is 5.65. The Kier molecular flexibility index (Phi) is 3.38. The Labute approximate surface area is 154 Å². The number of hydrogen-bond acceptors (Lipinski definition) is 4. The van der Waals surface area contributed by atoms with E-state index in [-0.39, 0.29) is 5.92 Å². The summed E-state index contributed by atoms with van der Waals surface area (Å²) in [5.41, 5.74) is 6.01. The molecule has 0 fully saturated rings. The van der Waals surface area contributed by atoms with E-state index in [1.807, 2.05) is 43.6 Å². The third kappa shape index (κ3) is 2.26. The highest BCUT2D eigenvalue weighted by atomic mass is 35.5. The summed E-state index contributed by atoms with van der Waals surface area (Å²) in [4.78, 5) is 4.83. The zero-order valence-electron chi connectivity index (χ0n) is 14.0. The molecule has 3 heterocycles. The lowest BCUT2D eigenvalue weighted by molar-refractivity contribution is 0.168. The van der Waals surface area contributed by atoms with Crippen LogP contribution in [0.3, 0.4) is 0 Å². The topological polar surface area (TPSA) is 79.6 Å². The van der Waals surface area contributed by atoms with Gasteiger partial charge in [-0.25, -0.2) is 4.98 Å². The first-order chi connectivity index (χ1) is 12.6. The van der Waals surface area contributed by atoms with Gasteiger partial charge in [0.05, 0.1) is 34.5 Å². The van der Waals surface area contributed by atoms with Gasteiger partial charge in [0.2, 0.25) is 0 Å². The van der Waals surface area contributed by atoms with Crippen LogP contribution in [-0.4, -0.2) is 36.2 Å². The van der Waals surface area contributed by atoms with Crippen LogP contribution >= 0.6 is 11.6 Å². The summed E-state index contributed by atoms with van der Waals surface area (Å²) in [6.07, 6.45) is 3.72. The van der Waals surface area contributed by atoms with E-state index in [4.69, 9.17) is 16.6 Å².